The number of carboxylic acid groups (broad SMARTS) is 1. The molecule has 90 valence electrons. The predicted molar refractivity (Wildman–Crippen MR) is 67.3 cm³/mol. The van der Waals surface area contributed by atoms with Crippen LogP contribution in [0.3, 0.4) is 0 Å². The van der Waals surface area contributed by atoms with Gasteiger partial charge in [0.15, 0.2) is 0 Å². The van der Waals surface area contributed by atoms with Crippen molar-refractivity contribution >= 4 is 30.0 Å². The molecule has 0 unspecified atom stereocenters. The van der Waals surface area contributed by atoms with Gasteiger partial charge in [-0.25, -0.2) is 0 Å². The fourth-order valence-electron chi connectivity index (χ4n) is 1.27. The lowest BCUT2D eigenvalue weighted by Crippen LogP contribution is -2.21. The predicted octanol–water partition coefficient (Wildman–Crippen LogP) is 2.67. The Bertz CT molecular complexity index is 327. The lowest BCUT2D eigenvalue weighted by Gasteiger charge is -2.15. The van der Waals surface area contributed by atoms with Gasteiger partial charge in [0.1, 0.15) is 0 Å². The molecule has 0 saturated carbocycles. The van der Waals surface area contributed by atoms with Crippen LogP contribution >= 0.6 is 24.0 Å². The number of hydrogen-bond acceptors (Lipinski definition) is 2. The second-order valence-corrected chi connectivity index (χ2v) is 3.94. The Morgan fingerprint density at radius 1 is 1.38 bits per heavy atom. The van der Waals surface area contributed by atoms with E-state index in [1.165, 1.54) is 0 Å². The van der Waals surface area contributed by atoms with Gasteiger partial charge in [-0.1, -0.05) is 23.7 Å². The van der Waals surface area contributed by atoms with E-state index in [-0.39, 0.29) is 18.8 Å². The molecule has 0 aliphatic carbocycles. The van der Waals surface area contributed by atoms with Crippen LogP contribution in [0.15, 0.2) is 24.3 Å². The monoisotopic (exact) mass is 263 g/mol. The van der Waals surface area contributed by atoms with E-state index in [0.717, 1.165) is 12.1 Å². The van der Waals surface area contributed by atoms with E-state index < -0.39 is 5.97 Å². The fraction of sp³-hybridized carbons (Fsp3) is 0.364. The average molecular weight is 264 g/mol. The van der Waals surface area contributed by atoms with Crippen molar-refractivity contribution in [1.29, 1.82) is 0 Å². The quantitative estimate of drug-likeness (QED) is 0.888. The van der Waals surface area contributed by atoms with Crippen molar-refractivity contribution in [2.45, 2.75) is 13.0 Å². The third-order valence-electron chi connectivity index (χ3n) is 2.07. The molecule has 5 heteroatoms. The van der Waals surface area contributed by atoms with Gasteiger partial charge < -0.3 is 10.0 Å². The Morgan fingerprint density at radius 2 is 1.94 bits per heavy atom. The van der Waals surface area contributed by atoms with Crippen molar-refractivity contribution in [3.63, 3.8) is 0 Å². The molecule has 1 rings (SSSR count). The number of aliphatic carboxylic acids is 1. The van der Waals surface area contributed by atoms with Crippen LogP contribution in [0.25, 0.3) is 0 Å². The van der Waals surface area contributed by atoms with Gasteiger partial charge in [0.05, 0.1) is 6.42 Å². The molecule has 3 nitrogen and oxygen atoms in total. The summed E-state index contributed by atoms with van der Waals surface area (Å²) in [5.41, 5.74) is 1.13. The van der Waals surface area contributed by atoms with E-state index in [0.29, 0.717) is 11.6 Å². The summed E-state index contributed by atoms with van der Waals surface area (Å²) in [7, 11) is 1.90. The summed E-state index contributed by atoms with van der Waals surface area (Å²) in [6, 6.07) is 7.56. The summed E-state index contributed by atoms with van der Waals surface area (Å²) >= 11 is 5.76. The number of carboxylic acids is 1. The highest BCUT2D eigenvalue weighted by Gasteiger charge is 2.03. The Hall–Kier alpha value is -0.770. The molecule has 0 aliphatic heterocycles. The van der Waals surface area contributed by atoms with E-state index in [2.05, 4.69) is 0 Å². The Balaban J connectivity index is 0.00000225. The third kappa shape index (κ3) is 5.95. The molecular weight excluding hydrogens is 249 g/mol. The molecule has 16 heavy (non-hydrogen) atoms. The van der Waals surface area contributed by atoms with Crippen molar-refractivity contribution < 1.29 is 9.90 Å². The molecule has 0 fully saturated rings. The smallest absolute Gasteiger partial charge is 0.304 e. The maximum absolute atomic E-state index is 10.4. The van der Waals surface area contributed by atoms with E-state index >= 15 is 0 Å². The van der Waals surface area contributed by atoms with Crippen LogP contribution in [-0.4, -0.2) is 29.6 Å². The molecule has 0 spiro atoms. The van der Waals surface area contributed by atoms with Crippen molar-refractivity contribution in [3.05, 3.63) is 34.9 Å². The first kappa shape index (κ1) is 15.2. The standard InChI is InChI=1S/C11H14ClNO2.ClH/c1-13(7-6-11(14)15)8-9-2-4-10(12)5-3-9;/h2-5H,6-8H2,1H3,(H,14,15);1H. The van der Waals surface area contributed by atoms with Crippen LogP contribution < -0.4 is 0 Å². The van der Waals surface area contributed by atoms with Gasteiger partial charge in [0.2, 0.25) is 0 Å². The van der Waals surface area contributed by atoms with Crippen LogP contribution in [-0.2, 0) is 11.3 Å². The molecule has 1 aromatic rings. The van der Waals surface area contributed by atoms with Crippen LogP contribution in [0.4, 0.5) is 0 Å². The zero-order valence-corrected chi connectivity index (χ0v) is 10.6. The van der Waals surface area contributed by atoms with Crippen molar-refractivity contribution in [2.75, 3.05) is 13.6 Å². The zero-order valence-electron chi connectivity index (χ0n) is 9.02. The molecule has 0 atom stereocenters. The molecule has 0 bridgehead atoms. The highest BCUT2D eigenvalue weighted by molar-refractivity contribution is 6.30. The molecule has 0 aromatic heterocycles. The molecular formula is C11H15Cl2NO2. The number of halogens is 2. The first-order valence-corrected chi connectivity index (χ1v) is 5.10. The summed E-state index contributed by atoms with van der Waals surface area (Å²) in [4.78, 5) is 12.3. The number of nitrogens with zero attached hydrogens (tertiary/aromatic N) is 1. The Labute approximate surface area is 106 Å². The first-order chi connectivity index (χ1) is 7.08. The van der Waals surface area contributed by atoms with Crippen LogP contribution in [0.5, 0.6) is 0 Å². The lowest BCUT2D eigenvalue weighted by molar-refractivity contribution is -0.137. The molecule has 0 amide bonds. The number of hydrogen-bond donors (Lipinski definition) is 1. The number of rotatable bonds is 5. The maximum atomic E-state index is 10.4. The summed E-state index contributed by atoms with van der Waals surface area (Å²) in [5, 5.41) is 9.24. The van der Waals surface area contributed by atoms with Crippen LogP contribution in [0.1, 0.15) is 12.0 Å². The second-order valence-electron chi connectivity index (χ2n) is 3.51. The van der Waals surface area contributed by atoms with E-state index in [9.17, 15) is 4.79 Å². The van der Waals surface area contributed by atoms with Crippen LogP contribution in [0.2, 0.25) is 5.02 Å². The number of benzene rings is 1. The third-order valence-corrected chi connectivity index (χ3v) is 2.33. The highest BCUT2D eigenvalue weighted by Crippen LogP contribution is 2.10. The molecule has 1 aromatic carbocycles. The molecule has 0 aliphatic rings. The van der Waals surface area contributed by atoms with Gasteiger partial charge in [0, 0.05) is 18.1 Å². The largest absolute Gasteiger partial charge is 0.481 e. The van der Waals surface area contributed by atoms with Gasteiger partial charge in [-0.3, -0.25) is 4.79 Å². The van der Waals surface area contributed by atoms with Crippen LogP contribution in [0, 0.1) is 0 Å². The van der Waals surface area contributed by atoms with Gasteiger partial charge in [-0.15, -0.1) is 12.4 Å². The normalized spacial score (nSPS) is 9.94. The molecule has 0 heterocycles. The topological polar surface area (TPSA) is 40.5 Å². The van der Waals surface area contributed by atoms with Gasteiger partial charge in [-0.05, 0) is 24.7 Å². The summed E-state index contributed by atoms with van der Waals surface area (Å²) in [6.45, 7) is 1.29. The second kappa shape index (κ2) is 7.49. The van der Waals surface area contributed by atoms with E-state index in [1.807, 2.05) is 36.2 Å². The Morgan fingerprint density at radius 3 is 2.44 bits per heavy atom. The molecule has 0 radical (unpaired) electrons. The van der Waals surface area contributed by atoms with Crippen molar-refractivity contribution in [3.8, 4) is 0 Å². The van der Waals surface area contributed by atoms with E-state index in [1.54, 1.807) is 0 Å². The van der Waals surface area contributed by atoms with Gasteiger partial charge in [-0.2, -0.15) is 0 Å². The average Bonchev–Trinajstić information content (AvgIpc) is 2.19. The minimum absolute atomic E-state index is 0. The first-order valence-electron chi connectivity index (χ1n) is 4.72. The fourth-order valence-corrected chi connectivity index (χ4v) is 1.39. The summed E-state index contributed by atoms with van der Waals surface area (Å²) < 4.78 is 0. The molecule has 0 saturated heterocycles. The minimum Gasteiger partial charge on any atom is -0.481 e. The molecule has 1 N–H and O–H groups in total. The van der Waals surface area contributed by atoms with Crippen molar-refractivity contribution in [2.24, 2.45) is 0 Å². The SMILES string of the molecule is CN(CCC(=O)O)Cc1ccc(Cl)cc1.Cl. The summed E-state index contributed by atoms with van der Waals surface area (Å²) in [6.07, 6.45) is 0.171. The highest BCUT2D eigenvalue weighted by atomic mass is 35.5. The maximum Gasteiger partial charge on any atom is 0.304 e. The zero-order chi connectivity index (χ0) is 11.3. The van der Waals surface area contributed by atoms with Crippen molar-refractivity contribution in [1.82, 2.24) is 4.90 Å². The van der Waals surface area contributed by atoms with Gasteiger partial charge >= 0.3 is 5.97 Å². The Kier molecular flexibility index (Phi) is 7.13. The number of carbonyl (C=O) groups is 1. The minimum atomic E-state index is -0.766. The van der Waals surface area contributed by atoms with E-state index in [4.69, 9.17) is 16.7 Å². The lowest BCUT2D eigenvalue weighted by atomic mass is 10.2. The summed E-state index contributed by atoms with van der Waals surface area (Å²) in [5.74, 6) is -0.766. The van der Waals surface area contributed by atoms with Gasteiger partial charge in [0.25, 0.3) is 0 Å².